The number of halogens is 4. The lowest BCUT2D eigenvalue weighted by atomic mass is 9.95. The fraction of sp³-hybridized carbons (Fsp3) is 0.208. The molecule has 4 heterocycles. The van der Waals surface area contributed by atoms with Gasteiger partial charge in [-0.2, -0.15) is 5.10 Å². The first-order chi connectivity index (χ1) is 16.8. The van der Waals surface area contributed by atoms with Crippen LogP contribution in [0.2, 0.25) is 0 Å². The lowest BCUT2D eigenvalue weighted by molar-refractivity contribution is -0.0369. The van der Waals surface area contributed by atoms with Crippen LogP contribution in [0.4, 0.5) is 18.9 Å². The molecule has 1 saturated heterocycles. The Morgan fingerprint density at radius 2 is 1.94 bits per heavy atom. The predicted molar refractivity (Wildman–Crippen MR) is 129 cm³/mol. The molecule has 0 aliphatic carbocycles. The van der Waals surface area contributed by atoms with Crippen LogP contribution in [0.15, 0.2) is 39.9 Å². The molecule has 0 spiro atoms. The number of benzene rings is 2. The summed E-state index contributed by atoms with van der Waals surface area (Å²) in [5.74, 6) is -2.79. The van der Waals surface area contributed by atoms with E-state index in [0.717, 1.165) is 25.1 Å². The summed E-state index contributed by atoms with van der Waals surface area (Å²) in [5.41, 5.74) is 6.35. The average Bonchev–Trinajstić information content (AvgIpc) is 3.29. The zero-order chi connectivity index (χ0) is 24.4. The molecule has 5 aromatic rings. The summed E-state index contributed by atoms with van der Waals surface area (Å²) in [7, 11) is 0. The monoisotopic (exact) mass is 543 g/mol. The van der Waals surface area contributed by atoms with E-state index >= 15 is 4.39 Å². The lowest BCUT2D eigenvalue weighted by Gasteiger charge is -2.23. The standard InChI is InChI=1S/C24H17BrF3N5O2/c25-15-6-12-18(20(29)24(34)32-21(12)13-5-10(26)8-30-22(13)15)11-7-16(27)19(28)23-14(11)9-31-33(23)17-3-1-2-4-35-17/h5-9,17H,1-4,29H2,(H,32,34). The van der Waals surface area contributed by atoms with Crippen molar-refractivity contribution in [2.45, 2.75) is 25.5 Å². The van der Waals surface area contributed by atoms with E-state index in [-0.39, 0.29) is 33.2 Å². The molecule has 0 saturated carbocycles. The minimum Gasteiger partial charge on any atom is -0.394 e. The van der Waals surface area contributed by atoms with Crippen molar-refractivity contribution in [3.8, 4) is 11.1 Å². The fourth-order valence-corrected chi connectivity index (χ4v) is 5.34. The summed E-state index contributed by atoms with van der Waals surface area (Å²) in [6.45, 7) is 0.493. The molecule has 3 N–H and O–H groups in total. The third-order valence-corrected chi connectivity index (χ3v) is 6.99. The van der Waals surface area contributed by atoms with Crippen molar-refractivity contribution >= 4 is 54.3 Å². The van der Waals surface area contributed by atoms with Crippen molar-refractivity contribution in [3.05, 3.63) is 62.9 Å². The molecule has 1 unspecified atom stereocenters. The van der Waals surface area contributed by atoms with E-state index in [0.29, 0.717) is 33.8 Å². The van der Waals surface area contributed by atoms with Gasteiger partial charge in [-0.1, -0.05) is 0 Å². The van der Waals surface area contributed by atoms with Crippen molar-refractivity contribution < 1.29 is 17.9 Å². The Labute approximate surface area is 203 Å². The third-order valence-electron chi connectivity index (χ3n) is 6.38. The molecule has 7 nitrogen and oxygen atoms in total. The topological polar surface area (TPSA) is 98.8 Å². The number of rotatable bonds is 2. The Balaban J connectivity index is 1.73. The molecule has 6 rings (SSSR count). The van der Waals surface area contributed by atoms with E-state index in [2.05, 4.69) is 31.0 Å². The summed E-state index contributed by atoms with van der Waals surface area (Å²) in [4.78, 5) is 19.6. The van der Waals surface area contributed by atoms with Gasteiger partial charge in [-0.05, 0) is 59.0 Å². The van der Waals surface area contributed by atoms with Gasteiger partial charge in [0.15, 0.2) is 17.9 Å². The van der Waals surface area contributed by atoms with Crippen LogP contribution in [0.1, 0.15) is 25.5 Å². The quantitative estimate of drug-likeness (QED) is 0.284. The predicted octanol–water partition coefficient (Wildman–Crippen LogP) is 5.55. The molecule has 11 heteroatoms. The second kappa shape index (κ2) is 8.06. The highest BCUT2D eigenvalue weighted by atomic mass is 79.9. The van der Waals surface area contributed by atoms with Crippen molar-refractivity contribution in [2.75, 3.05) is 12.3 Å². The highest BCUT2D eigenvalue weighted by Crippen LogP contribution is 2.41. The minimum atomic E-state index is -1.12. The second-order valence-electron chi connectivity index (χ2n) is 8.47. The lowest BCUT2D eigenvalue weighted by Crippen LogP contribution is -2.19. The number of aromatic amines is 1. The summed E-state index contributed by atoms with van der Waals surface area (Å²) < 4.78 is 51.8. The Kier molecular flexibility index (Phi) is 5.08. The summed E-state index contributed by atoms with van der Waals surface area (Å²) >= 11 is 3.44. The van der Waals surface area contributed by atoms with Gasteiger partial charge in [0.1, 0.15) is 17.0 Å². The molecule has 0 radical (unpaired) electrons. The van der Waals surface area contributed by atoms with E-state index < -0.39 is 29.2 Å². The van der Waals surface area contributed by atoms with Crippen LogP contribution in [0.5, 0.6) is 0 Å². The number of nitrogens with one attached hydrogen (secondary N) is 1. The molecule has 1 aliphatic rings. The Morgan fingerprint density at radius 1 is 1.11 bits per heavy atom. The van der Waals surface area contributed by atoms with Gasteiger partial charge in [-0.25, -0.2) is 17.9 Å². The van der Waals surface area contributed by atoms with Crippen LogP contribution >= 0.6 is 15.9 Å². The summed E-state index contributed by atoms with van der Waals surface area (Å²) in [6, 6.07) is 3.90. The van der Waals surface area contributed by atoms with Crippen LogP contribution < -0.4 is 11.3 Å². The first kappa shape index (κ1) is 22.1. The number of anilines is 1. The molecule has 0 amide bonds. The van der Waals surface area contributed by atoms with Gasteiger partial charge in [0.25, 0.3) is 5.56 Å². The molecule has 1 fully saturated rings. The van der Waals surface area contributed by atoms with Gasteiger partial charge in [0.2, 0.25) is 0 Å². The van der Waals surface area contributed by atoms with E-state index in [1.807, 2.05) is 0 Å². The van der Waals surface area contributed by atoms with Crippen molar-refractivity contribution in [1.29, 1.82) is 0 Å². The van der Waals surface area contributed by atoms with Gasteiger partial charge >= 0.3 is 0 Å². The Hall–Kier alpha value is -3.44. The first-order valence-corrected chi connectivity index (χ1v) is 11.7. The molecular formula is C24H17BrF3N5O2. The number of nitrogens with zero attached hydrogens (tertiary/aromatic N) is 3. The van der Waals surface area contributed by atoms with Crippen LogP contribution in [-0.4, -0.2) is 26.4 Å². The van der Waals surface area contributed by atoms with E-state index in [1.165, 1.54) is 16.9 Å². The molecule has 35 heavy (non-hydrogen) atoms. The van der Waals surface area contributed by atoms with Crippen molar-refractivity contribution in [3.63, 3.8) is 0 Å². The number of H-pyrrole nitrogens is 1. The Bertz CT molecular complexity index is 1730. The molecule has 1 atom stereocenters. The van der Waals surface area contributed by atoms with Crippen LogP contribution in [0, 0.1) is 17.5 Å². The third kappa shape index (κ3) is 3.33. The van der Waals surface area contributed by atoms with Crippen LogP contribution in [0.3, 0.4) is 0 Å². The second-order valence-corrected chi connectivity index (χ2v) is 9.32. The molecule has 3 aromatic heterocycles. The SMILES string of the molecule is Nc1c(-c2cc(F)c(F)c3c2cnn3C2CCCCO2)c2cc(Br)c3ncc(F)cc3c2[nH]c1=O. The first-order valence-electron chi connectivity index (χ1n) is 10.9. The van der Waals surface area contributed by atoms with E-state index in [9.17, 15) is 13.6 Å². The molecule has 178 valence electrons. The van der Waals surface area contributed by atoms with Crippen LogP contribution in [0.25, 0.3) is 43.8 Å². The number of fused-ring (bicyclic) bond motifs is 4. The van der Waals surface area contributed by atoms with Gasteiger partial charge < -0.3 is 15.5 Å². The zero-order valence-electron chi connectivity index (χ0n) is 18.0. The van der Waals surface area contributed by atoms with E-state index in [4.69, 9.17) is 10.5 Å². The number of hydrogen-bond donors (Lipinski definition) is 2. The fourth-order valence-electron chi connectivity index (χ4n) is 4.79. The Morgan fingerprint density at radius 3 is 2.71 bits per heavy atom. The van der Waals surface area contributed by atoms with Crippen molar-refractivity contribution in [2.24, 2.45) is 0 Å². The van der Waals surface area contributed by atoms with Gasteiger partial charge in [-0.3, -0.25) is 9.78 Å². The maximum atomic E-state index is 15.1. The maximum absolute atomic E-state index is 15.1. The zero-order valence-corrected chi connectivity index (χ0v) is 19.6. The number of hydrogen-bond acceptors (Lipinski definition) is 5. The highest BCUT2D eigenvalue weighted by molar-refractivity contribution is 9.10. The number of nitrogen functional groups attached to an aromatic ring is 1. The number of aromatic nitrogens is 4. The average molecular weight is 544 g/mol. The number of ether oxygens (including phenoxy) is 1. The van der Waals surface area contributed by atoms with E-state index in [1.54, 1.807) is 6.07 Å². The van der Waals surface area contributed by atoms with Gasteiger partial charge in [0.05, 0.1) is 23.4 Å². The molecule has 2 aromatic carbocycles. The highest BCUT2D eigenvalue weighted by Gasteiger charge is 2.26. The minimum absolute atomic E-state index is 0.0766. The normalized spacial score (nSPS) is 16.5. The van der Waals surface area contributed by atoms with Crippen molar-refractivity contribution in [1.82, 2.24) is 19.7 Å². The maximum Gasteiger partial charge on any atom is 0.272 e. The smallest absolute Gasteiger partial charge is 0.272 e. The van der Waals surface area contributed by atoms with Gasteiger partial charge in [0, 0.05) is 32.8 Å². The molecular weight excluding hydrogens is 527 g/mol. The number of nitrogens with two attached hydrogens (primary N) is 1. The largest absolute Gasteiger partial charge is 0.394 e. The molecule has 0 bridgehead atoms. The van der Waals surface area contributed by atoms with Crippen LogP contribution in [-0.2, 0) is 4.74 Å². The summed E-state index contributed by atoms with van der Waals surface area (Å²) in [6.07, 6.45) is 4.30. The number of pyridine rings is 2. The summed E-state index contributed by atoms with van der Waals surface area (Å²) in [5, 5.41) is 5.31. The van der Waals surface area contributed by atoms with Gasteiger partial charge in [-0.15, -0.1) is 0 Å². The molecule has 1 aliphatic heterocycles.